The van der Waals surface area contributed by atoms with Gasteiger partial charge in [-0.2, -0.15) is 4.98 Å². The van der Waals surface area contributed by atoms with Crippen LogP contribution in [-0.2, 0) is 0 Å². The molecule has 0 spiro atoms. The van der Waals surface area contributed by atoms with Crippen LogP contribution in [0.1, 0.15) is 24.7 Å². The first-order valence-corrected chi connectivity index (χ1v) is 9.76. The molecule has 1 fully saturated rings. The zero-order valence-electron chi connectivity index (χ0n) is 14.9. The third kappa shape index (κ3) is 4.13. The van der Waals surface area contributed by atoms with E-state index in [9.17, 15) is 4.79 Å². The van der Waals surface area contributed by atoms with Gasteiger partial charge in [-0.1, -0.05) is 58.7 Å². The van der Waals surface area contributed by atoms with Gasteiger partial charge in [-0.25, -0.2) is 4.79 Å². The number of nitrogens with one attached hydrogen (secondary N) is 1. The third-order valence-electron chi connectivity index (χ3n) is 4.70. The second kappa shape index (κ2) is 8.20. The number of rotatable bonds is 3. The molecule has 0 saturated carbocycles. The Balaban J connectivity index is 1.43. The zero-order chi connectivity index (χ0) is 19.5. The highest BCUT2D eigenvalue weighted by Gasteiger charge is 2.28. The Kier molecular flexibility index (Phi) is 5.50. The van der Waals surface area contributed by atoms with Crippen molar-refractivity contribution < 1.29 is 9.32 Å². The minimum Gasteiger partial charge on any atom is -0.339 e. The maximum absolute atomic E-state index is 12.6. The van der Waals surface area contributed by atoms with E-state index in [-0.39, 0.29) is 11.9 Å². The Labute approximate surface area is 172 Å². The van der Waals surface area contributed by atoms with Gasteiger partial charge in [0.1, 0.15) is 0 Å². The SMILES string of the molecule is O=C(Nc1ccc(Cl)c(Cl)c1)N1CCCC(c2nc(-c3ccccc3)no2)C1. The number of carbonyl (C=O) groups excluding carboxylic acids is 1. The summed E-state index contributed by atoms with van der Waals surface area (Å²) < 4.78 is 5.48. The van der Waals surface area contributed by atoms with Crippen molar-refractivity contribution in [2.24, 2.45) is 0 Å². The Morgan fingerprint density at radius 2 is 1.96 bits per heavy atom. The van der Waals surface area contributed by atoms with Crippen molar-refractivity contribution in [3.8, 4) is 11.4 Å². The van der Waals surface area contributed by atoms with Crippen LogP contribution in [0.5, 0.6) is 0 Å². The van der Waals surface area contributed by atoms with Gasteiger partial charge >= 0.3 is 6.03 Å². The molecule has 0 aliphatic carbocycles. The molecule has 4 rings (SSSR count). The Morgan fingerprint density at radius 1 is 1.14 bits per heavy atom. The largest absolute Gasteiger partial charge is 0.339 e. The van der Waals surface area contributed by atoms with Gasteiger partial charge in [0, 0.05) is 24.3 Å². The van der Waals surface area contributed by atoms with E-state index >= 15 is 0 Å². The van der Waals surface area contributed by atoms with Crippen molar-refractivity contribution >= 4 is 34.9 Å². The predicted molar refractivity (Wildman–Crippen MR) is 109 cm³/mol. The highest BCUT2D eigenvalue weighted by molar-refractivity contribution is 6.42. The van der Waals surface area contributed by atoms with Crippen LogP contribution in [0, 0.1) is 0 Å². The van der Waals surface area contributed by atoms with Crippen LogP contribution in [0.2, 0.25) is 10.0 Å². The number of urea groups is 1. The average Bonchev–Trinajstić information content (AvgIpc) is 3.22. The summed E-state index contributed by atoms with van der Waals surface area (Å²) in [5.74, 6) is 1.14. The highest BCUT2D eigenvalue weighted by atomic mass is 35.5. The number of likely N-dealkylation sites (tertiary alicyclic amines) is 1. The van der Waals surface area contributed by atoms with Crippen LogP contribution in [0.15, 0.2) is 53.1 Å². The van der Waals surface area contributed by atoms with Gasteiger partial charge in [0.2, 0.25) is 11.7 Å². The molecule has 8 heteroatoms. The maximum atomic E-state index is 12.6. The third-order valence-corrected chi connectivity index (χ3v) is 5.44. The molecule has 1 saturated heterocycles. The lowest BCUT2D eigenvalue weighted by Crippen LogP contribution is -2.41. The molecule has 2 amide bonds. The van der Waals surface area contributed by atoms with Gasteiger partial charge in [0.15, 0.2) is 0 Å². The van der Waals surface area contributed by atoms with Gasteiger partial charge < -0.3 is 14.7 Å². The van der Waals surface area contributed by atoms with Crippen molar-refractivity contribution in [1.29, 1.82) is 0 Å². The summed E-state index contributed by atoms with van der Waals surface area (Å²) in [6.07, 6.45) is 1.76. The monoisotopic (exact) mass is 416 g/mol. The fourth-order valence-electron chi connectivity index (χ4n) is 3.25. The summed E-state index contributed by atoms with van der Waals surface area (Å²) in [7, 11) is 0. The Morgan fingerprint density at radius 3 is 2.75 bits per heavy atom. The summed E-state index contributed by atoms with van der Waals surface area (Å²) in [6.45, 7) is 1.19. The first-order valence-electron chi connectivity index (χ1n) is 9.00. The van der Waals surface area contributed by atoms with Crippen LogP contribution < -0.4 is 5.32 Å². The van der Waals surface area contributed by atoms with Gasteiger partial charge in [-0.3, -0.25) is 0 Å². The van der Waals surface area contributed by atoms with Crippen molar-refractivity contribution in [1.82, 2.24) is 15.0 Å². The second-order valence-corrected chi connectivity index (χ2v) is 7.48. The highest BCUT2D eigenvalue weighted by Crippen LogP contribution is 2.29. The van der Waals surface area contributed by atoms with Gasteiger partial charge in [-0.15, -0.1) is 0 Å². The topological polar surface area (TPSA) is 71.3 Å². The number of nitrogens with zero attached hydrogens (tertiary/aromatic N) is 3. The van der Waals surface area contributed by atoms with Crippen molar-refractivity contribution in [3.05, 3.63) is 64.5 Å². The van der Waals surface area contributed by atoms with Crippen LogP contribution >= 0.6 is 23.2 Å². The van der Waals surface area contributed by atoms with Crippen LogP contribution in [0.4, 0.5) is 10.5 Å². The fourth-order valence-corrected chi connectivity index (χ4v) is 3.54. The molecular formula is C20H18Cl2N4O2. The summed E-state index contributed by atoms with van der Waals surface area (Å²) in [6, 6.07) is 14.5. The lowest BCUT2D eigenvalue weighted by Gasteiger charge is -2.31. The van der Waals surface area contributed by atoms with Gasteiger partial charge in [-0.05, 0) is 31.0 Å². The lowest BCUT2D eigenvalue weighted by molar-refractivity contribution is 0.184. The van der Waals surface area contributed by atoms with E-state index in [4.69, 9.17) is 27.7 Å². The predicted octanol–water partition coefficient (Wildman–Crippen LogP) is 5.45. The zero-order valence-corrected chi connectivity index (χ0v) is 16.5. The van der Waals surface area contributed by atoms with Gasteiger partial charge in [0.05, 0.1) is 16.0 Å². The molecule has 144 valence electrons. The van der Waals surface area contributed by atoms with E-state index in [1.54, 1.807) is 23.1 Å². The molecule has 28 heavy (non-hydrogen) atoms. The number of hydrogen-bond acceptors (Lipinski definition) is 4. The molecule has 1 aliphatic heterocycles. The van der Waals surface area contributed by atoms with Crippen molar-refractivity contribution in [2.45, 2.75) is 18.8 Å². The minimum absolute atomic E-state index is 0.0123. The second-order valence-electron chi connectivity index (χ2n) is 6.67. The van der Waals surface area contributed by atoms with Crippen molar-refractivity contribution in [2.75, 3.05) is 18.4 Å². The molecule has 6 nitrogen and oxygen atoms in total. The molecule has 1 unspecified atom stereocenters. The number of carbonyl (C=O) groups is 1. The Hall–Kier alpha value is -2.57. The van der Waals surface area contributed by atoms with E-state index in [1.165, 1.54) is 0 Å². The van der Waals surface area contributed by atoms with E-state index < -0.39 is 0 Å². The molecule has 1 N–H and O–H groups in total. The van der Waals surface area contributed by atoms with Crippen molar-refractivity contribution in [3.63, 3.8) is 0 Å². The summed E-state index contributed by atoms with van der Waals surface area (Å²) in [5, 5.41) is 7.79. The molecular weight excluding hydrogens is 399 g/mol. The molecule has 2 heterocycles. The first kappa shape index (κ1) is 18.8. The number of aromatic nitrogens is 2. The summed E-state index contributed by atoms with van der Waals surface area (Å²) in [5.41, 5.74) is 1.51. The number of halogens is 2. The summed E-state index contributed by atoms with van der Waals surface area (Å²) in [4.78, 5) is 18.9. The normalized spacial score (nSPS) is 16.8. The molecule has 1 atom stereocenters. The number of hydrogen-bond donors (Lipinski definition) is 1. The van der Waals surface area contributed by atoms with Gasteiger partial charge in [0.25, 0.3) is 0 Å². The smallest absolute Gasteiger partial charge is 0.321 e. The van der Waals surface area contributed by atoms with Crippen LogP contribution in [-0.4, -0.2) is 34.2 Å². The minimum atomic E-state index is -0.189. The number of benzene rings is 2. The average molecular weight is 417 g/mol. The van der Waals surface area contributed by atoms with E-state index in [0.29, 0.717) is 40.5 Å². The Bertz CT molecular complexity index is 977. The molecule has 3 aromatic rings. The summed E-state index contributed by atoms with van der Waals surface area (Å²) >= 11 is 11.9. The first-order chi connectivity index (χ1) is 13.6. The number of piperidine rings is 1. The fraction of sp³-hybridized carbons (Fsp3) is 0.250. The number of anilines is 1. The lowest BCUT2D eigenvalue weighted by atomic mass is 9.98. The molecule has 0 bridgehead atoms. The molecule has 1 aliphatic rings. The van der Waals surface area contributed by atoms with Crippen LogP contribution in [0.3, 0.4) is 0 Å². The quantitative estimate of drug-likeness (QED) is 0.615. The standard InChI is InChI=1S/C20H18Cl2N4O2/c21-16-9-8-15(11-17(16)22)23-20(27)26-10-4-7-14(12-26)19-24-18(25-28-19)13-5-2-1-3-6-13/h1-3,5-6,8-9,11,14H,4,7,10,12H2,(H,23,27). The number of amides is 2. The van der Waals surface area contributed by atoms with E-state index in [2.05, 4.69) is 15.5 Å². The van der Waals surface area contributed by atoms with Crippen LogP contribution in [0.25, 0.3) is 11.4 Å². The van der Waals surface area contributed by atoms with E-state index in [0.717, 1.165) is 18.4 Å². The molecule has 0 radical (unpaired) electrons. The van der Waals surface area contributed by atoms with E-state index in [1.807, 2.05) is 30.3 Å². The maximum Gasteiger partial charge on any atom is 0.321 e. The molecule has 2 aromatic carbocycles. The molecule has 1 aromatic heterocycles.